The maximum atomic E-state index is 13.9. The first kappa shape index (κ1) is 34.2. The second kappa shape index (κ2) is 16.1. The van der Waals surface area contributed by atoms with Gasteiger partial charge in [0.15, 0.2) is 0 Å². The number of nitrogens with zero attached hydrogens (tertiary/aromatic N) is 2. The summed E-state index contributed by atoms with van der Waals surface area (Å²) in [6.07, 6.45) is 3.68. The summed E-state index contributed by atoms with van der Waals surface area (Å²) in [5.74, 6) is -2.84. The fourth-order valence-corrected chi connectivity index (χ4v) is 4.60. The first-order chi connectivity index (χ1) is 22.0. The van der Waals surface area contributed by atoms with E-state index in [4.69, 9.17) is 10.0 Å². The number of aromatic nitrogens is 2. The van der Waals surface area contributed by atoms with Crippen molar-refractivity contribution in [2.75, 3.05) is 0 Å². The van der Waals surface area contributed by atoms with Crippen LogP contribution in [0.25, 0.3) is 33.6 Å². The quantitative estimate of drug-likeness (QED) is 0.144. The molecule has 4 aromatic carbocycles. The Morgan fingerprint density at radius 1 is 0.565 bits per heavy atom. The third kappa shape index (κ3) is 9.68. The molecule has 2 aromatic heterocycles. The maximum Gasteiger partial charge on any atom is 0.491 e. The smallest absolute Gasteiger partial charge is 0.423 e. The van der Waals surface area contributed by atoms with Crippen molar-refractivity contribution < 1.29 is 27.6 Å². The topological polar surface area (TPSA) is 66.2 Å². The van der Waals surface area contributed by atoms with E-state index in [0.29, 0.717) is 17.2 Å². The monoisotopic (exact) mass is 686 g/mol. The van der Waals surface area contributed by atoms with Gasteiger partial charge in [0, 0.05) is 51.2 Å². The highest BCUT2D eigenvalue weighted by Crippen LogP contribution is 2.28. The Labute approximate surface area is 273 Å². The predicted molar refractivity (Wildman–Crippen MR) is 178 cm³/mol. The Kier molecular flexibility index (Phi) is 12.0. The van der Waals surface area contributed by atoms with Gasteiger partial charge in [-0.25, -0.2) is 17.6 Å². The van der Waals surface area contributed by atoms with Gasteiger partial charge in [0.05, 0.1) is 11.4 Å². The van der Waals surface area contributed by atoms with Crippen molar-refractivity contribution in [3.05, 3.63) is 160 Å². The first-order valence-corrected chi connectivity index (χ1v) is 14.8. The van der Waals surface area contributed by atoms with Crippen molar-refractivity contribution in [3.8, 4) is 33.6 Å². The molecule has 0 aliphatic rings. The lowest BCUT2D eigenvalue weighted by Crippen LogP contribution is -2.32. The second-order valence-corrected chi connectivity index (χ2v) is 11.1. The summed E-state index contributed by atoms with van der Waals surface area (Å²) in [5.41, 5.74) is 6.89. The predicted octanol–water partition coefficient (Wildman–Crippen LogP) is 8.47. The number of hydrogen-bond acceptors (Lipinski definition) is 4. The fourth-order valence-electron chi connectivity index (χ4n) is 4.21. The number of aryl methyl sites for hydroxylation is 2. The van der Waals surface area contributed by atoms with Crippen LogP contribution >= 0.6 is 15.9 Å². The summed E-state index contributed by atoms with van der Waals surface area (Å²) in [5, 5.41) is 17.0. The van der Waals surface area contributed by atoms with E-state index in [1.807, 2.05) is 68.6 Å². The first-order valence-electron chi connectivity index (χ1n) is 14.0. The van der Waals surface area contributed by atoms with Crippen LogP contribution in [0.2, 0.25) is 0 Å². The molecule has 10 heteroatoms. The minimum atomic E-state index is -1.89. The lowest BCUT2D eigenvalue weighted by atomic mass is 9.80. The van der Waals surface area contributed by atoms with Crippen LogP contribution in [0.1, 0.15) is 11.1 Å². The van der Waals surface area contributed by atoms with Crippen LogP contribution in [0.4, 0.5) is 17.6 Å². The molecule has 0 unspecified atom stereocenters. The molecule has 0 spiro atoms. The Hall–Kier alpha value is -4.64. The average molecular weight is 687 g/mol. The Balaban J connectivity index is 0.000000167. The van der Waals surface area contributed by atoms with Crippen LogP contribution in [-0.4, -0.2) is 27.1 Å². The van der Waals surface area contributed by atoms with Gasteiger partial charge in [-0.15, -0.1) is 0 Å². The van der Waals surface area contributed by atoms with Crippen LogP contribution in [0, 0.1) is 37.1 Å². The number of rotatable bonds is 4. The number of hydrogen-bond donors (Lipinski definition) is 2. The van der Waals surface area contributed by atoms with E-state index in [-0.39, 0.29) is 5.46 Å². The molecule has 0 radical (unpaired) electrons. The van der Waals surface area contributed by atoms with Crippen molar-refractivity contribution in [2.24, 2.45) is 0 Å². The molecule has 0 saturated heterocycles. The van der Waals surface area contributed by atoms with Crippen LogP contribution in [0.15, 0.2) is 126 Å². The summed E-state index contributed by atoms with van der Waals surface area (Å²) < 4.78 is 52.7. The molecule has 6 aromatic rings. The molecule has 2 heterocycles. The molecule has 232 valence electrons. The van der Waals surface area contributed by atoms with Gasteiger partial charge < -0.3 is 10.0 Å². The molecule has 2 N–H and O–H groups in total. The molecule has 0 atom stereocenters. The molecule has 46 heavy (non-hydrogen) atoms. The van der Waals surface area contributed by atoms with Crippen molar-refractivity contribution in [1.29, 1.82) is 0 Å². The lowest BCUT2D eigenvalue weighted by molar-refractivity contribution is 0.422. The molecule has 0 amide bonds. The standard InChI is InChI=1S/C18H13F2N.C12H10BrN.C6H5BF2O2/c1-12-5-8-18(21-11-12)14-4-2-3-13(9-14)16-7-6-15(19)10-17(16)20;1-9-5-6-12(14-8-9)10-3-2-4-11(13)7-10;8-4-1-2-5(7(10)11)6(9)3-4/h2-11H,1H3;2-8H,1H3;1-3,10-11H. The Morgan fingerprint density at radius 2 is 1.09 bits per heavy atom. The van der Waals surface area contributed by atoms with Gasteiger partial charge >= 0.3 is 7.12 Å². The van der Waals surface area contributed by atoms with Crippen LogP contribution in [0.3, 0.4) is 0 Å². The van der Waals surface area contributed by atoms with Gasteiger partial charge in [-0.05, 0) is 79.1 Å². The van der Waals surface area contributed by atoms with Crippen molar-refractivity contribution in [2.45, 2.75) is 13.8 Å². The summed E-state index contributed by atoms with van der Waals surface area (Å²) in [6, 6.07) is 29.7. The van der Waals surface area contributed by atoms with Gasteiger partial charge in [-0.3, -0.25) is 9.97 Å². The number of benzene rings is 4. The van der Waals surface area contributed by atoms with E-state index in [2.05, 4.69) is 44.1 Å². The Bertz CT molecular complexity index is 1910. The van der Waals surface area contributed by atoms with Gasteiger partial charge in [-0.1, -0.05) is 64.5 Å². The summed E-state index contributed by atoms with van der Waals surface area (Å²) >= 11 is 3.45. The van der Waals surface area contributed by atoms with Crippen LogP contribution in [-0.2, 0) is 0 Å². The zero-order valence-corrected chi connectivity index (χ0v) is 26.4. The lowest BCUT2D eigenvalue weighted by Gasteiger charge is -2.07. The van der Waals surface area contributed by atoms with Gasteiger partial charge in [-0.2, -0.15) is 0 Å². The van der Waals surface area contributed by atoms with Crippen molar-refractivity contribution >= 4 is 28.5 Å². The summed E-state index contributed by atoms with van der Waals surface area (Å²) in [6.45, 7) is 4.01. The van der Waals surface area contributed by atoms with E-state index in [1.54, 1.807) is 12.3 Å². The maximum absolute atomic E-state index is 13.9. The normalized spacial score (nSPS) is 10.3. The highest BCUT2D eigenvalue weighted by Gasteiger charge is 2.16. The van der Waals surface area contributed by atoms with Gasteiger partial charge in [0.2, 0.25) is 0 Å². The molecule has 0 fully saturated rings. The van der Waals surface area contributed by atoms with Crippen molar-refractivity contribution in [3.63, 3.8) is 0 Å². The Morgan fingerprint density at radius 3 is 1.59 bits per heavy atom. The second-order valence-electron chi connectivity index (χ2n) is 10.2. The van der Waals surface area contributed by atoms with Gasteiger partial charge in [0.1, 0.15) is 23.3 Å². The number of halogens is 5. The molecular weight excluding hydrogens is 659 g/mol. The van der Waals surface area contributed by atoms with E-state index in [9.17, 15) is 17.6 Å². The van der Waals surface area contributed by atoms with Gasteiger partial charge in [0.25, 0.3) is 0 Å². The molecular formula is C36H28BBrF4N2O2. The summed E-state index contributed by atoms with van der Waals surface area (Å²) in [4.78, 5) is 8.73. The van der Waals surface area contributed by atoms with Crippen molar-refractivity contribution in [1.82, 2.24) is 9.97 Å². The molecule has 0 aliphatic carbocycles. The fraction of sp³-hybridized carbons (Fsp3) is 0.0556. The molecule has 4 nitrogen and oxygen atoms in total. The van der Waals surface area contributed by atoms with Crippen LogP contribution < -0.4 is 5.46 Å². The molecule has 6 rings (SSSR count). The highest BCUT2D eigenvalue weighted by molar-refractivity contribution is 9.10. The van der Waals surface area contributed by atoms with E-state index in [1.165, 1.54) is 17.7 Å². The zero-order valence-electron chi connectivity index (χ0n) is 24.8. The minimum Gasteiger partial charge on any atom is -0.423 e. The largest absolute Gasteiger partial charge is 0.491 e. The van der Waals surface area contributed by atoms with Crippen LogP contribution in [0.5, 0.6) is 0 Å². The third-order valence-corrected chi connectivity index (χ3v) is 7.08. The molecule has 0 bridgehead atoms. The van der Waals surface area contributed by atoms with E-state index in [0.717, 1.165) is 50.8 Å². The minimum absolute atomic E-state index is 0.327. The molecule has 0 saturated carbocycles. The highest BCUT2D eigenvalue weighted by atomic mass is 79.9. The van der Waals surface area contributed by atoms with E-state index >= 15 is 0 Å². The average Bonchev–Trinajstić information content (AvgIpc) is 3.02. The number of pyridine rings is 2. The van der Waals surface area contributed by atoms with E-state index < -0.39 is 30.4 Å². The molecule has 0 aliphatic heterocycles. The third-order valence-electron chi connectivity index (χ3n) is 6.58. The zero-order chi connectivity index (χ0) is 33.2. The SMILES string of the molecule is Cc1ccc(-c2cccc(-c3ccc(F)cc3F)c2)nc1.Cc1ccc(-c2cccc(Br)c2)nc1.OB(O)c1ccc(F)cc1F. The summed E-state index contributed by atoms with van der Waals surface area (Å²) in [7, 11) is -1.89.